The van der Waals surface area contributed by atoms with E-state index in [-0.39, 0.29) is 0 Å². The molecule has 2 heterocycles. The van der Waals surface area contributed by atoms with Crippen LogP contribution in [0.5, 0.6) is 0 Å². The summed E-state index contributed by atoms with van der Waals surface area (Å²) >= 11 is 1.78. The van der Waals surface area contributed by atoms with Crippen LogP contribution in [0.4, 0.5) is 0 Å². The fourth-order valence-corrected chi connectivity index (χ4v) is 9.86. The molecule has 2 nitrogen and oxygen atoms in total. The number of hydrogen-bond donors (Lipinski definition) is 0. The lowest BCUT2D eigenvalue weighted by molar-refractivity contribution is 1.19. The molecule has 12 rings (SSSR count). The van der Waals surface area contributed by atoms with Gasteiger partial charge in [-0.3, -0.25) is 0 Å². The van der Waals surface area contributed by atoms with Crippen molar-refractivity contribution in [2.45, 2.75) is 0 Å². The van der Waals surface area contributed by atoms with Crippen LogP contribution in [0.3, 0.4) is 0 Å². The van der Waals surface area contributed by atoms with Crippen LogP contribution in [0, 0.1) is 0 Å². The summed E-state index contributed by atoms with van der Waals surface area (Å²) in [7, 11) is 0. The highest BCUT2D eigenvalue weighted by Gasteiger charge is 2.18. The molecule has 3 heteroatoms. The van der Waals surface area contributed by atoms with Crippen molar-refractivity contribution in [2.75, 3.05) is 0 Å². The minimum atomic E-state index is 0.717. The Hall–Kier alpha value is -6.94. The van der Waals surface area contributed by atoms with E-state index in [2.05, 4.69) is 182 Å². The number of thiophene rings is 1. The van der Waals surface area contributed by atoms with Gasteiger partial charge in [0, 0.05) is 15.8 Å². The predicted molar refractivity (Wildman–Crippen MR) is 235 cm³/mol. The molecule has 0 atom stereocenters. The van der Waals surface area contributed by atoms with E-state index >= 15 is 0 Å². The first-order valence-electron chi connectivity index (χ1n) is 18.7. The summed E-state index contributed by atoms with van der Waals surface area (Å²) < 4.78 is 1.25. The second kappa shape index (κ2) is 11.8. The second-order valence-corrected chi connectivity index (χ2v) is 15.6. The number of hydrogen-bond acceptors (Lipinski definition) is 3. The van der Waals surface area contributed by atoms with Gasteiger partial charge in [0.15, 0.2) is 5.82 Å². The Kier molecular flexibility index (Phi) is 6.54. The van der Waals surface area contributed by atoms with Crippen LogP contribution in [-0.4, -0.2) is 9.97 Å². The molecule has 0 saturated carbocycles. The Morgan fingerprint density at radius 3 is 1.51 bits per heavy atom. The molecule has 0 aliphatic heterocycles. The molecule has 0 amide bonds. The summed E-state index contributed by atoms with van der Waals surface area (Å²) in [5.41, 5.74) is 6.26. The molecule has 0 bridgehead atoms. The maximum Gasteiger partial charge on any atom is 0.160 e. The third-order valence-corrected chi connectivity index (χ3v) is 12.5. The van der Waals surface area contributed by atoms with Gasteiger partial charge < -0.3 is 0 Å². The van der Waals surface area contributed by atoms with E-state index in [4.69, 9.17) is 9.97 Å². The fourth-order valence-electron chi connectivity index (χ4n) is 8.83. The lowest BCUT2D eigenvalue weighted by Gasteiger charge is -2.17. The van der Waals surface area contributed by atoms with E-state index in [1.807, 2.05) is 0 Å². The largest absolute Gasteiger partial charge is 0.228 e. The van der Waals surface area contributed by atoms with Crippen LogP contribution < -0.4 is 0 Å². The molecule has 0 spiro atoms. The molecule has 0 N–H and O–H groups in total. The average molecular weight is 715 g/mol. The third kappa shape index (κ3) is 4.73. The van der Waals surface area contributed by atoms with Gasteiger partial charge >= 0.3 is 0 Å². The monoisotopic (exact) mass is 714 g/mol. The zero-order valence-corrected chi connectivity index (χ0v) is 30.4. The van der Waals surface area contributed by atoms with Gasteiger partial charge in [-0.05, 0) is 111 Å². The molecule has 0 aliphatic carbocycles. The van der Waals surface area contributed by atoms with Gasteiger partial charge in [-0.2, -0.15) is 0 Å². The van der Waals surface area contributed by atoms with Crippen LogP contribution in [-0.2, 0) is 0 Å². The third-order valence-electron chi connectivity index (χ3n) is 11.4. The Labute approximate surface area is 320 Å². The van der Waals surface area contributed by atoms with E-state index in [1.54, 1.807) is 11.3 Å². The van der Waals surface area contributed by atoms with Crippen LogP contribution in [0.2, 0.25) is 0 Å². The normalized spacial score (nSPS) is 12.0. The van der Waals surface area contributed by atoms with Crippen LogP contribution in [0.25, 0.3) is 119 Å². The van der Waals surface area contributed by atoms with Crippen molar-refractivity contribution in [3.63, 3.8) is 0 Å². The van der Waals surface area contributed by atoms with Gasteiger partial charge in [0.1, 0.15) is 0 Å². The SMILES string of the molecule is c1ccc(-c2ccc(-c3nc(-c4cc5ccc6cccc7c8cccc9ccc%10cccc(c(c4)c5c67)c%10c98)cc(-c4cc5ccccc5s4)n3)cc2)cc1. The molecule has 0 fully saturated rings. The molecule has 55 heavy (non-hydrogen) atoms. The summed E-state index contributed by atoms with van der Waals surface area (Å²) in [6, 6.07) is 66.3. The van der Waals surface area contributed by atoms with Crippen LogP contribution in [0.15, 0.2) is 182 Å². The molecule has 12 aromatic rings. The fraction of sp³-hybridized carbons (Fsp3) is 0. The Balaban J connectivity index is 1.17. The zero-order chi connectivity index (χ0) is 36.0. The van der Waals surface area contributed by atoms with Gasteiger partial charge in [0.2, 0.25) is 0 Å². The minimum absolute atomic E-state index is 0.717. The van der Waals surface area contributed by atoms with Crippen molar-refractivity contribution in [1.29, 1.82) is 0 Å². The molecule has 0 aliphatic rings. The van der Waals surface area contributed by atoms with Crippen LogP contribution in [0.1, 0.15) is 0 Å². The van der Waals surface area contributed by atoms with Gasteiger partial charge in [-0.15, -0.1) is 11.3 Å². The highest BCUT2D eigenvalue weighted by molar-refractivity contribution is 7.22. The van der Waals surface area contributed by atoms with E-state index in [0.717, 1.165) is 27.4 Å². The summed E-state index contributed by atoms with van der Waals surface area (Å²) in [6.45, 7) is 0. The van der Waals surface area contributed by atoms with Gasteiger partial charge in [0.05, 0.1) is 16.3 Å². The van der Waals surface area contributed by atoms with Crippen molar-refractivity contribution in [1.82, 2.24) is 9.97 Å². The zero-order valence-electron chi connectivity index (χ0n) is 29.6. The van der Waals surface area contributed by atoms with Crippen molar-refractivity contribution in [3.8, 4) is 44.3 Å². The standard InChI is InChI=1S/C52H30N2S/c1-2-9-31(10-3-1)32-19-24-36(25-20-32)52-53-44(30-45(54-52)47-29-37-11-4-5-18-46(37)55-47)39-27-38-26-23-35-13-7-16-41-40-15-6-12-33-21-22-34-14-8-17-42(50(34)48(33)40)43(28-39)51(38)49(35)41/h1-30H. The molecular weight excluding hydrogens is 685 g/mol. The lowest BCUT2D eigenvalue weighted by atomic mass is 9.87. The van der Waals surface area contributed by atoms with Gasteiger partial charge in [-0.25, -0.2) is 9.97 Å². The molecule has 2 aromatic heterocycles. The van der Waals surface area contributed by atoms with Crippen molar-refractivity contribution in [2.24, 2.45) is 0 Å². The molecular formula is C52H30N2S. The van der Waals surface area contributed by atoms with Crippen molar-refractivity contribution >= 4 is 86.1 Å². The summed E-state index contributed by atoms with van der Waals surface area (Å²) in [6.07, 6.45) is 0. The smallest absolute Gasteiger partial charge is 0.160 e. The maximum atomic E-state index is 5.37. The topological polar surface area (TPSA) is 25.8 Å². The molecule has 0 unspecified atom stereocenters. The van der Waals surface area contributed by atoms with Gasteiger partial charge in [-0.1, -0.05) is 152 Å². The molecule has 0 saturated heterocycles. The first-order chi connectivity index (χ1) is 27.2. The highest BCUT2D eigenvalue weighted by atomic mass is 32.1. The number of benzene rings is 9. The van der Waals surface area contributed by atoms with Crippen molar-refractivity contribution < 1.29 is 0 Å². The van der Waals surface area contributed by atoms with Crippen LogP contribution >= 0.6 is 11.3 Å². The van der Waals surface area contributed by atoms with E-state index in [0.29, 0.717) is 5.82 Å². The van der Waals surface area contributed by atoms with Gasteiger partial charge in [0.25, 0.3) is 0 Å². The van der Waals surface area contributed by atoms with E-state index in [9.17, 15) is 0 Å². The van der Waals surface area contributed by atoms with E-state index in [1.165, 1.54) is 85.8 Å². The highest BCUT2D eigenvalue weighted by Crippen LogP contribution is 2.45. The Bertz CT molecular complexity index is 3430. The first kappa shape index (κ1) is 30.5. The predicted octanol–water partition coefficient (Wildman–Crippen LogP) is 14.7. The maximum absolute atomic E-state index is 5.37. The number of aromatic nitrogens is 2. The minimum Gasteiger partial charge on any atom is -0.228 e. The summed E-state index contributed by atoms with van der Waals surface area (Å²) in [5, 5.41) is 16.4. The average Bonchev–Trinajstić information content (AvgIpc) is 3.70. The summed E-state index contributed by atoms with van der Waals surface area (Å²) in [5.74, 6) is 0.717. The number of rotatable bonds is 4. The quantitative estimate of drug-likeness (QED) is 0.170. The lowest BCUT2D eigenvalue weighted by Crippen LogP contribution is -1.96. The van der Waals surface area contributed by atoms with E-state index < -0.39 is 0 Å². The molecule has 0 radical (unpaired) electrons. The first-order valence-corrected chi connectivity index (χ1v) is 19.5. The Morgan fingerprint density at radius 2 is 0.836 bits per heavy atom. The Morgan fingerprint density at radius 1 is 0.309 bits per heavy atom. The van der Waals surface area contributed by atoms with Crippen molar-refractivity contribution in [3.05, 3.63) is 182 Å². The molecule has 254 valence electrons. The second-order valence-electron chi connectivity index (χ2n) is 14.5. The number of fused-ring (bicyclic) bond motifs is 3. The molecule has 10 aromatic carbocycles. The summed E-state index contributed by atoms with van der Waals surface area (Å²) in [4.78, 5) is 11.8. The number of nitrogens with zero attached hydrogens (tertiary/aromatic N) is 2.